The summed E-state index contributed by atoms with van der Waals surface area (Å²) in [4.78, 5) is 29.1. The first kappa shape index (κ1) is 29.3. The fourth-order valence-electron chi connectivity index (χ4n) is 6.34. The highest BCUT2D eigenvalue weighted by Crippen LogP contribution is 2.43. The first-order chi connectivity index (χ1) is 21.6. The number of aryl methyl sites for hydroxylation is 1. The molecule has 0 radical (unpaired) electrons. The fraction of sp³-hybridized carbons (Fsp3) is 0.314. The molecule has 10 heteroatoms. The number of amides is 2. The molecule has 2 saturated carbocycles. The molecule has 0 unspecified atom stereocenters. The van der Waals surface area contributed by atoms with Crippen LogP contribution in [0.2, 0.25) is 0 Å². The van der Waals surface area contributed by atoms with Crippen molar-refractivity contribution in [1.29, 1.82) is 0 Å². The Morgan fingerprint density at radius 1 is 0.889 bits per heavy atom. The Morgan fingerprint density at radius 2 is 1.69 bits per heavy atom. The Kier molecular flexibility index (Phi) is 7.27. The van der Waals surface area contributed by atoms with Crippen LogP contribution in [0.25, 0.3) is 10.8 Å². The fourth-order valence-corrected chi connectivity index (χ4v) is 8.20. The van der Waals surface area contributed by atoms with Crippen LogP contribution in [-0.4, -0.2) is 37.4 Å². The number of nitrogens with two attached hydrogens (primary N) is 1. The standard InChI is InChI=1S/C35H35FN4O4S/c1-40-19-23-17-24(7-14-32(23)45(43,44)26-8-9-26)38-33(41)15-5-21-16-22(4-10-27(21)20-2-3-20)34(35(40)42)39-25-6-11-28-29(18-25)30(36)12-13-31(28)37/h4,6-7,10-14,16-18,20,26,34,39H,2-3,5,8-9,15,19,37H2,1H3,(H,38,41)/t34-/m1/s1. The second kappa shape index (κ2) is 11.2. The number of hydrogen-bond donors (Lipinski definition) is 3. The zero-order chi connectivity index (χ0) is 31.5. The van der Waals surface area contributed by atoms with Gasteiger partial charge in [0, 0.05) is 47.8 Å². The number of nitrogen functional groups attached to an aromatic ring is 1. The monoisotopic (exact) mass is 626 g/mol. The van der Waals surface area contributed by atoms with Gasteiger partial charge >= 0.3 is 0 Å². The molecule has 4 aromatic carbocycles. The second-order valence-electron chi connectivity index (χ2n) is 12.5. The van der Waals surface area contributed by atoms with Gasteiger partial charge in [-0.3, -0.25) is 9.59 Å². The Morgan fingerprint density at radius 3 is 2.44 bits per heavy atom. The van der Waals surface area contributed by atoms with Gasteiger partial charge in [-0.1, -0.05) is 24.3 Å². The molecule has 2 aliphatic carbocycles. The molecular weight excluding hydrogens is 591 g/mol. The summed E-state index contributed by atoms with van der Waals surface area (Å²) < 4.78 is 41.6. The van der Waals surface area contributed by atoms with Crippen LogP contribution in [0.5, 0.6) is 0 Å². The summed E-state index contributed by atoms with van der Waals surface area (Å²) in [6.07, 6.45) is 4.12. The van der Waals surface area contributed by atoms with Gasteiger partial charge in [0.15, 0.2) is 9.84 Å². The smallest absolute Gasteiger partial charge is 0.249 e. The molecule has 1 atom stereocenters. The predicted molar refractivity (Wildman–Crippen MR) is 173 cm³/mol. The van der Waals surface area contributed by atoms with Gasteiger partial charge < -0.3 is 21.3 Å². The van der Waals surface area contributed by atoms with Crippen LogP contribution in [0.15, 0.2) is 71.6 Å². The molecule has 45 heavy (non-hydrogen) atoms. The summed E-state index contributed by atoms with van der Waals surface area (Å²) in [5.41, 5.74) is 10.9. The van der Waals surface area contributed by atoms with Crippen molar-refractivity contribution in [2.24, 2.45) is 0 Å². The van der Waals surface area contributed by atoms with E-state index in [1.54, 1.807) is 43.4 Å². The minimum absolute atomic E-state index is 0.0118. The SMILES string of the molecule is CN1Cc2cc(ccc2S(=O)(=O)C2CC2)NC(=O)CCc2cc(ccc2C2CC2)[C@@H](Nc2ccc3c(N)ccc(F)c3c2)C1=O. The number of carbonyl (C=O) groups is 2. The number of benzene rings is 4. The third kappa shape index (κ3) is 5.75. The molecule has 8 nitrogen and oxygen atoms in total. The van der Waals surface area contributed by atoms with Gasteiger partial charge in [-0.15, -0.1) is 0 Å². The van der Waals surface area contributed by atoms with Crippen molar-refractivity contribution in [3.05, 3.63) is 94.8 Å². The highest BCUT2D eigenvalue weighted by molar-refractivity contribution is 7.92. The van der Waals surface area contributed by atoms with E-state index in [-0.39, 0.29) is 29.7 Å². The van der Waals surface area contributed by atoms with E-state index in [0.717, 1.165) is 18.4 Å². The number of anilines is 3. The summed E-state index contributed by atoms with van der Waals surface area (Å²) in [5.74, 6) is -0.428. The Bertz CT molecular complexity index is 1970. The maximum absolute atomic E-state index is 14.8. The minimum Gasteiger partial charge on any atom is -0.398 e. The van der Waals surface area contributed by atoms with Crippen LogP contribution in [0.3, 0.4) is 0 Å². The Labute approximate surface area is 261 Å². The summed E-state index contributed by atoms with van der Waals surface area (Å²) in [7, 11) is -1.94. The normalized spacial score (nSPS) is 19.2. The van der Waals surface area contributed by atoms with E-state index in [0.29, 0.717) is 64.1 Å². The number of likely N-dealkylation sites (N-methyl/N-ethyl adjacent to an activating group) is 1. The highest BCUT2D eigenvalue weighted by Gasteiger charge is 2.38. The van der Waals surface area contributed by atoms with Crippen LogP contribution in [-0.2, 0) is 32.4 Å². The van der Waals surface area contributed by atoms with Crippen LogP contribution in [0.1, 0.15) is 66.3 Å². The third-order valence-corrected chi connectivity index (χ3v) is 11.5. The quantitative estimate of drug-likeness (QED) is 0.231. The molecule has 232 valence electrons. The van der Waals surface area contributed by atoms with Crippen LogP contribution < -0.4 is 16.4 Å². The molecule has 1 aliphatic heterocycles. The molecule has 1 heterocycles. The first-order valence-corrected chi connectivity index (χ1v) is 16.9. The van der Waals surface area contributed by atoms with Crippen LogP contribution in [0, 0.1) is 5.82 Å². The van der Waals surface area contributed by atoms with E-state index in [9.17, 15) is 22.4 Å². The van der Waals surface area contributed by atoms with Gasteiger partial charge in [0.1, 0.15) is 11.9 Å². The van der Waals surface area contributed by atoms with Crippen molar-refractivity contribution in [2.45, 2.75) is 67.2 Å². The summed E-state index contributed by atoms with van der Waals surface area (Å²) in [6, 6.07) is 17.9. The number of nitrogens with zero attached hydrogens (tertiary/aromatic N) is 1. The van der Waals surface area contributed by atoms with Gasteiger partial charge in [0.05, 0.1) is 10.1 Å². The average Bonchev–Trinajstić information content (AvgIpc) is 3.93. The summed E-state index contributed by atoms with van der Waals surface area (Å²) in [5, 5.41) is 6.77. The highest BCUT2D eigenvalue weighted by atomic mass is 32.2. The Hall–Kier alpha value is -4.44. The number of sulfone groups is 1. The maximum atomic E-state index is 14.8. The van der Waals surface area contributed by atoms with Crippen molar-refractivity contribution in [2.75, 3.05) is 23.4 Å². The van der Waals surface area contributed by atoms with Crippen molar-refractivity contribution in [3.63, 3.8) is 0 Å². The van der Waals surface area contributed by atoms with E-state index in [1.165, 1.54) is 22.6 Å². The number of hydrogen-bond acceptors (Lipinski definition) is 6. The van der Waals surface area contributed by atoms with Gasteiger partial charge in [0.2, 0.25) is 11.8 Å². The molecular formula is C35H35FN4O4S. The molecule has 4 bridgehead atoms. The second-order valence-corrected chi connectivity index (χ2v) is 14.7. The Balaban J connectivity index is 1.32. The van der Waals surface area contributed by atoms with E-state index in [2.05, 4.69) is 16.7 Å². The molecule has 2 fully saturated rings. The third-order valence-electron chi connectivity index (χ3n) is 9.09. The molecule has 2 amide bonds. The summed E-state index contributed by atoms with van der Waals surface area (Å²) in [6.45, 7) is 0.0118. The largest absolute Gasteiger partial charge is 0.398 e. The van der Waals surface area contributed by atoms with E-state index in [4.69, 9.17) is 5.73 Å². The predicted octanol–water partition coefficient (Wildman–Crippen LogP) is 6.07. The number of fused-ring (bicyclic) bond motifs is 5. The molecule has 0 aromatic heterocycles. The number of halogens is 1. The lowest BCUT2D eigenvalue weighted by molar-refractivity contribution is -0.131. The van der Waals surface area contributed by atoms with Crippen molar-refractivity contribution >= 4 is 49.5 Å². The number of nitrogens with one attached hydrogen (secondary N) is 2. The molecule has 4 N–H and O–H groups in total. The van der Waals surface area contributed by atoms with Gasteiger partial charge in [-0.05, 0) is 103 Å². The minimum atomic E-state index is -3.58. The zero-order valence-corrected chi connectivity index (χ0v) is 25.8. The van der Waals surface area contributed by atoms with E-state index >= 15 is 0 Å². The first-order valence-electron chi connectivity index (χ1n) is 15.4. The topological polar surface area (TPSA) is 122 Å². The number of rotatable bonds is 5. The van der Waals surface area contributed by atoms with Crippen LogP contribution >= 0.6 is 0 Å². The molecule has 3 aliphatic rings. The van der Waals surface area contributed by atoms with Crippen LogP contribution in [0.4, 0.5) is 21.5 Å². The number of carbonyl (C=O) groups excluding carboxylic acids is 2. The van der Waals surface area contributed by atoms with Crippen molar-refractivity contribution < 1.29 is 22.4 Å². The molecule has 4 aromatic rings. The van der Waals surface area contributed by atoms with Gasteiger partial charge in [0.25, 0.3) is 0 Å². The van der Waals surface area contributed by atoms with Gasteiger partial charge in [-0.25, -0.2) is 12.8 Å². The lowest BCUT2D eigenvalue weighted by atomic mass is 9.93. The van der Waals surface area contributed by atoms with E-state index in [1.807, 2.05) is 12.1 Å². The van der Waals surface area contributed by atoms with E-state index < -0.39 is 26.9 Å². The summed E-state index contributed by atoms with van der Waals surface area (Å²) >= 11 is 0. The van der Waals surface area contributed by atoms with Crippen molar-refractivity contribution in [3.8, 4) is 0 Å². The molecule has 0 saturated heterocycles. The lowest BCUT2D eigenvalue weighted by Gasteiger charge is -2.28. The molecule has 0 spiro atoms. The maximum Gasteiger partial charge on any atom is 0.249 e. The van der Waals surface area contributed by atoms with Gasteiger partial charge in [-0.2, -0.15) is 0 Å². The zero-order valence-electron chi connectivity index (χ0n) is 25.0. The molecule has 7 rings (SSSR count). The average molecular weight is 627 g/mol. The van der Waals surface area contributed by atoms with Crippen molar-refractivity contribution in [1.82, 2.24) is 4.90 Å². The lowest BCUT2D eigenvalue weighted by Crippen LogP contribution is -2.35.